The van der Waals surface area contributed by atoms with Crippen LogP contribution in [-0.2, 0) is 22.6 Å². The molecule has 0 radical (unpaired) electrons. The topological polar surface area (TPSA) is 98.2 Å². The molecule has 1 fully saturated rings. The lowest BCUT2D eigenvalue weighted by Gasteiger charge is -2.26. The van der Waals surface area contributed by atoms with Crippen LogP contribution in [0.1, 0.15) is 49.1 Å². The highest BCUT2D eigenvalue weighted by atomic mass is 16.5. The zero-order valence-electron chi connectivity index (χ0n) is 21.6. The quantitative estimate of drug-likeness (QED) is 0.261. The number of Topliss-reactive ketones (excluding diaryl/α,β-unsaturated/α-hetero) is 1. The van der Waals surface area contributed by atoms with Crippen molar-refractivity contribution in [2.45, 2.75) is 45.9 Å². The first-order valence-electron chi connectivity index (χ1n) is 12.8. The van der Waals surface area contributed by atoms with E-state index in [0.717, 1.165) is 16.9 Å². The van der Waals surface area contributed by atoms with Gasteiger partial charge < -0.3 is 24.2 Å². The molecule has 2 aliphatic rings. The Morgan fingerprint density at radius 2 is 1.76 bits per heavy atom. The number of amides is 1. The minimum absolute atomic E-state index is 0.0302. The molecule has 38 heavy (non-hydrogen) atoms. The monoisotopic (exact) mass is 514 g/mol. The van der Waals surface area contributed by atoms with Crippen LogP contribution in [0.4, 0.5) is 0 Å². The van der Waals surface area contributed by atoms with E-state index in [1.165, 1.54) is 4.90 Å². The summed E-state index contributed by atoms with van der Waals surface area (Å²) in [5.41, 5.74) is 2.88. The van der Waals surface area contributed by atoms with E-state index < -0.39 is 17.7 Å². The first-order chi connectivity index (χ1) is 18.4. The van der Waals surface area contributed by atoms with Gasteiger partial charge in [0.15, 0.2) is 11.5 Å². The van der Waals surface area contributed by atoms with Gasteiger partial charge in [-0.15, -0.1) is 0 Å². The normalized spacial score (nSPS) is 19.8. The lowest BCUT2D eigenvalue weighted by Crippen LogP contribution is -2.29. The van der Waals surface area contributed by atoms with Crippen LogP contribution in [-0.4, -0.2) is 46.0 Å². The third-order valence-electron chi connectivity index (χ3n) is 6.69. The van der Waals surface area contributed by atoms with Crippen molar-refractivity contribution in [2.24, 2.45) is 0 Å². The molecule has 1 amide bonds. The number of carbonyl (C=O) groups is 2. The van der Waals surface area contributed by atoms with Crippen LogP contribution in [0, 0.1) is 0 Å². The number of ketones is 1. The summed E-state index contributed by atoms with van der Waals surface area (Å²) in [6, 6.07) is 13.4. The number of nitrogens with zero attached hydrogens (tertiary/aromatic N) is 2. The number of hydrogen-bond donors (Lipinski definition) is 1. The summed E-state index contributed by atoms with van der Waals surface area (Å²) in [5, 5.41) is 11.5. The number of aliphatic hydroxyl groups excluding tert-OH is 1. The molecule has 2 aliphatic heterocycles. The number of benzene rings is 2. The van der Waals surface area contributed by atoms with Crippen molar-refractivity contribution in [3.8, 4) is 17.2 Å². The molecule has 1 aromatic heterocycles. The number of rotatable bonds is 8. The zero-order chi connectivity index (χ0) is 26.8. The van der Waals surface area contributed by atoms with Gasteiger partial charge >= 0.3 is 0 Å². The maximum atomic E-state index is 13.5. The third kappa shape index (κ3) is 4.69. The van der Waals surface area contributed by atoms with E-state index in [9.17, 15) is 14.7 Å². The Morgan fingerprint density at radius 3 is 2.50 bits per heavy atom. The first-order valence-corrected chi connectivity index (χ1v) is 12.8. The maximum Gasteiger partial charge on any atom is 0.295 e. The number of carbonyl (C=O) groups excluding carboxylic acids is 2. The van der Waals surface area contributed by atoms with Crippen LogP contribution >= 0.6 is 0 Å². The van der Waals surface area contributed by atoms with Gasteiger partial charge in [-0.1, -0.05) is 6.07 Å². The van der Waals surface area contributed by atoms with Crippen molar-refractivity contribution >= 4 is 17.4 Å². The Morgan fingerprint density at radius 1 is 1.03 bits per heavy atom. The second-order valence-corrected chi connectivity index (χ2v) is 9.31. The Labute approximate surface area is 221 Å². The molecule has 1 saturated heterocycles. The fraction of sp³-hybridized carbons (Fsp3) is 0.300. The van der Waals surface area contributed by atoms with Gasteiger partial charge in [0.1, 0.15) is 17.6 Å². The second kappa shape index (κ2) is 10.6. The standard InChI is InChI=1S/C30H30N2O6/c1-4-36-24-9-6-20(16-25(24)37-5-2)27-26(28(33)21-7-8-23-22(15-21)14-18(3)38-23)29(34)30(35)32(27)17-19-10-12-31-13-11-19/h6-13,15-16,18,27,33H,4-5,14,17H2,1-3H3/b28-26+/t18-,27+/m0/s1. The largest absolute Gasteiger partial charge is 0.507 e. The molecule has 196 valence electrons. The van der Waals surface area contributed by atoms with Gasteiger partial charge in [0.2, 0.25) is 0 Å². The predicted octanol–water partition coefficient (Wildman–Crippen LogP) is 4.82. The van der Waals surface area contributed by atoms with Crippen molar-refractivity contribution in [1.29, 1.82) is 0 Å². The minimum atomic E-state index is -0.832. The molecule has 5 rings (SSSR count). The van der Waals surface area contributed by atoms with Gasteiger partial charge in [0.05, 0.1) is 24.8 Å². The maximum absolute atomic E-state index is 13.5. The summed E-state index contributed by atoms with van der Waals surface area (Å²) in [5.74, 6) is 0.190. The lowest BCUT2D eigenvalue weighted by atomic mass is 9.94. The number of hydrogen-bond acceptors (Lipinski definition) is 7. The van der Waals surface area contributed by atoms with Crippen molar-refractivity contribution in [1.82, 2.24) is 9.88 Å². The number of ether oxygens (including phenoxy) is 3. The molecule has 0 saturated carbocycles. The summed E-state index contributed by atoms with van der Waals surface area (Å²) in [7, 11) is 0. The summed E-state index contributed by atoms with van der Waals surface area (Å²) >= 11 is 0. The van der Waals surface area contributed by atoms with Crippen LogP contribution in [0.15, 0.2) is 66.5 Å². The molecular weight excluding hydrogens is 484 g/mol. The van der Waals surface area contributed by atoms with Crippen LogP contribution in [0.5, 0.6) is 17.2 Å². The fourth-order valence-corrected chi connectivity index (χ4v) is 5.04. The number of aliphatic hydroxyl groups is 1. The van der Waals surface area contributed by atoms with Crippen LogP contribution in [0.25, 0.3) is 5.76 Å². The molecule has 3 heterocycles. The van der Waals surface area contributed by atoms with Crippen molar-refractivity contribution in [3.05, 3.63) is 88.8 Å². The Kier molecular flexibility index (Phi) is 7.05. The van der Waals surface area contributed by atoms with Crippen LogP contribution in [0.3, 0.4) is 0 Å². The first kappa shape index (κ1) is 25.3. The highest BCUT2D eigenvalue weighted by Crippen LogP contribution is 2.43. The third-order valence-corrected chi connectivity index (χ3v) is 6.69. The molecule has 2 atom stereocenters. The number of aromatic nitrogens is 1. The van der Waals surface area contributed by atoms with Crippen LogP contribution < -0.4 is 14.2 Å². The van der Waals surface area contributed by atoms with Gasteiger partial charge in [-0.05, 0) is 79.9 Å². The van der Waals surface area contributed by atoms with Gasteiger partial charge in [-0.3, -0.25) is 14.6 Å². The highest BCUT2D eigenvalue weighted by molar-refractivity contribution is 6.46. The van der Waals surface area contributed by atoms with E-state index in [1.807, 2.05) is 26.8 Å². The molecule has 3 aromatic rings. The summed E-state index contributed by atoms with van der Waals surface area (Å²) in [6.07, 6.45) is 4.01. The molecule has 0 bridgehead atoms. The molecule has 8 nitrogen and oxygen atoms in total. The van der Waals surface area contributed by atoms with Gasteiger partial charge in [0, 0.05) is 30.9 Å². The van der Waals surface area contributed by atoms with Crippen molar-refractivity contribution < 1.29 is 28.9 Å². The number of fused-ring (bicyclic) bond motifs is 1. The lowest BCUT2D eigenvalue weighted by molar-refractivity contribution is -0.140. The number of pyridine rings is 1. The SMILES string of the molecule is CCOc1ccc([C@@H]2/C(=C(\O)c3ccc4c(c3)C[C@H](C)O4)C(=O)C(=O)N2Cc2ccncc2)cc1OCC. The molecular formula is C30H30N2O6. The number of likely N-dealkylation sites (tertiary alicyclic amines) is 1. The van der Waals surface area contributed by atoms with Gasteiger partial charge in [-0.25, -0.2) is 0 Å². The van der Waals surface area contributed by atoms with E-state index in [4.69, 9.17) is 14.2 Å². The molecule has 2 aromatic carbocycles. The van der Waals surface area contributed by atoms with Gasteiger partial charge in [-0.2, -0.15) is 0 Å². The van der Waals surface area contributed by atoms with E-state index in [-0.39, 0.29) is 24.0 Å². The van der Waals surface area contributed by atoms with E-state index >= 15 is 0 Å². The van der Waals surface area contributed by atoms with E-state index in [1.54, 1.807) is 54.9 Å². The Balaban J connectivity index is 1.65. The average molecular weight is 515 g/mol. The highest BCUT2D eigenvalue weighted by Gasteiger charge is 2.46. The minimum Gasteiger partial charge on any atom is -0.507 e. The molecule has 8 heteroatoms. The van der Waals surface area contributed by atoms with Crippen molar-refractivity contribution in [2.75, 3.05) is 13.2 Å². The molecule has 0 spiro atoms. The predicted molar refractivity (Wildman–Crippen MR) is 141 cm³/mol. The van der Waals surface area contributed by atoms with Crippen molar-refractivity contribution in [3.63, 3.8) is 0 Å². The molecule has 0 aliphatic carbocycles. The van der Waals surface area contributed by atoms with Gasteiger partial charge in [0.25, 0.3) is 11.7 Å². The second-order valence-electron chi connectivity index (χ2n) is 9.31. The molecule has 0 unspecified atom stereocenters. The molecule has 1 N–H and O–H groups in total. The Bertz CT molecular complexity index is 1400. The average Bonchev–Trinajstić information content (AvgIpc) is 3.41. The fourth-order valence-electron chi connectivity index (χ4n) is 5.04. The smallest absolute Gasteiger partial charge is 0.295 e. The van der Waals surface area contributed by atoms with E-state index in [0.29, 0.717) is 42.3 Å². The Hall–Kier alpha value is -4.33. The van der Waals surface area contributed by atoms with Crippen LogP contribution in [0.2, 0.25) is 0 Å². The summed E-state index contributed by atoms with van der Waals surface area (Å²) in [4.78, 5) is 32.4. The summed E-state index contributed by atoms with van der Waals surface area (Å²) in [6.45, 7) is 6.77. The zero-order valence-corrected chi connectivity index (χ0v) is 21.6. The summed E-state index contributed by atoms with van der Waals surface area (Å²) < 4.78 is 17.3. The van der Waals surface area contributed by atoms with E-state index in [2.05, 4.69) is 4.98 Å².